The van der Waals surface area contributed by atoms with E-state index in [4.69, 9.17) is 9.47 Å². The molecule has 4 heteroatoms. The van der Waals surface area contributed by atoms with Gasteiger partial charge in [-0.2, -0.15) is 0 Å². The highest BCUT2D eigenvalue weighted by atomic mass is 16.5. The molecular weight excluding hydrogens is 604 g/mol. The molecule has 7 rings (SSSR count). The van der Waals surface area contributed by atoms with E-state index in [0.29, 0.717) is 11.5 Å². The van der Waals surface area contributed by atoms with Crippen molar-refractivity contribution in [1.29, 1.82) is 0 Å². The zero-order valence-corrected chi connectivity index (χ0v) is 26.9. The molecule has 4 nitrogen and oxygen atoms in total. The van der Waals surface area contributed by atoms with Crippen molar-refractivity contribution in [1.82, 2.24) is 0 Å². The van der Waals surface area contributed by atoms with Crippen molar-refractivity contribution in [3.63, 3.8) is 0 Å². The van der Waals surface area contributed by atoms with Crippen LogP contribution in [0.5, 0.6) is 11.5 Å². The molecule has 0 heterocycles. The van der Waals surface area contributed by atoms with Gasteiger partial charge in [0.1, 0.15) is 24.7 Å². The first-order valence-electron chi connectivity index (χ1n) is 16.3. The summed E-state index contributed by atoms with van der Waals surface area (Å²) in [6, 6.07) is 49.2. The first-order chi connectivity index (χ1) is 24.2. The molecule has 0 amide bonds. The van der Waals surface area contributed by atoms with Crippen LogP contribution in [0.4, 0.5) is 0 Å². The lowest BCUT2D eigenvalue weighted by Gasteiger charge is -2.34. The normalized spacial score (nSPS) is 12.0. The molecule has 0 unspecified atom stereocenters. The Morgan fingerprint density at radius 2 is 0.816 bits per heavy atom. The lowest BCUT2D eigenvalue weighted by molar-refractivity contribution is 0.201. The SMILES string of the molecule is OCCOc1ccc(C2(c3ccc(OCCO)cc3)c3cc(C#Cc4ccccc4)ccc3-c3ccc(C#Cc4ccccc4)cc32)cc1. The van der Waals surface area contributed by atoms with E-state index < -0.39 is 5.41 Å². The molecule has 0 saturated carbocycles. The van der Waals surface area contributed by atoms with Gasteiger partial charge in [0.15, 0.2) is 0 Å². The Balaban J connectivity index is 1.46. The van der Waals surface area contributed by atoms with Crippen molar-refractivity contribution in [2.24, 2.45) is 0 Å². The standard InChI is InChI=1S/C45H34O4/c46-27-29-48-39-21-17-37(18-22-39)45(38-19-23-40(24-20-38)49-30-28-47)43-31-35(13-11-33-7-3-1-4-8-33)15-25-41(43)42-26-16-36(32-44(42)45)14-12-34-9-5-2-6-10-34/h1-10,15-26,31-32,46-47H,27-30H2. The minimum atomic E-state index is -0.732. The van der Waals surface area contributed by atoms with Crippen LogP contribution in [-0.2, 0) is 5.41 Å². The van der Waals surface area contributed by atoms with E-state index >= 15 is 0 Å². The summed E-state index contributed by atoms with van der Waals surface area (Å²) in [5.74, 6) is 14.9. The van der Waals surface area contributed by atoms with Crippen LogP contribution < -0.4 is 9.47 Å². The fourth-order valence-electron chi connectivity index (χ4n) is 6.53. The van der Waals surface area contributed by atoms with Crippen LogP contribution in [0.15, 0.2) is 146 Å². The average molecular weight is 639 g/mol. The van der Waals surface area contributed by atoms with E-state index in [1.165, 1.54) is 0 Å². The Labute approximate surface area is 287 Å². The fourth-order valence-corrected chi connectivity index (χ4v) is 6.53. The highest BCUT2D eigenvalue weighted by Crippen LogP contribution is 2.56. The molecule has 2 N–H and O–H groups in total. The number of aliphatic hydroxyl groups excluding tert-OH is 2. The molecule has 0 spiro atoms. The number of ether oxygens (including phenoxy) is 2. The molecule has 1 aliphatic rings. The highest BCUT2D eigenvalue weighted by molar-refractivity contribution is 5.87. The van der Waals surface area contributed by atoms with Gasteiger partial charge in [0.25, 0.3) is 0 Å². The highest BCUT2D eigenvalue weighted by Gasteiger charge is 2.46. The van der Waals surface area contributed by atoms with E-state index in [1.807, 2.05) is 84.9 Å². The molecule has 0 aliphatic heterocycles. The van der Waals surface area contributed by atoms with Crippen LogP contribution in [0, 0.1) is 23.7 Å². The Kier molecular flexibility index (Phi) is 9.26. The summed E-state index contributed by atoms with van der Waals surface area (Å²) >= 11 is 0. The predicted molar refractivity (Wildman–Crippen MR) is 194 cm³/mol. The van der Waals surface area contributed by atoms with Gasteiger partial charge in [-0.15, -0.1) is 0 Å². The second-order valence-electron chi connectivity index (χ2n) is 11.7. The van der Waals surface area contributed by atoms with Crippen molar-refractivity contribution in [3.05, 3.63) is 190 Å². The zero-order chi connectivity index (χ0) is 33.5. The first-order valence-corrected chi connectivity index (χ1v) is 16.3. The molecule has 0 aromatic heterocycles. The molecule has 0 fully saturated rings. The average Bonchev–Trinajstić information content (AvgIpc) is 3.45. The molecule has 0 saturated heterocycles. The number of hydrogen-bond donors (Lipinski definition) is 2. The first kappa shape index (κ1) is 31.6. The van der Waals surface area contributed by atoms with E-state index in [9.17, 15) is 10.2 Å². The van der Waals surface area contributed by atoms with Crippen LogP contribution in [-0.4, -0.2) is 36.6 Å². The van der Waals surface area contributed by atoms with Crippen LogP contribution in [0.25, 0.3) is 11.1 Å². The van der Waals surface area contributed by atoms with Crippen LogP contribution >= 0.6 is 0 Å². The molecule has 238 valence electrons. The largest absolute Gasteiger partial charge is 0.491 e. The van der Waals surface area contributed by atoms with Gasteiger partial charge in [-0.05, 0) is 106 Å². The number of benzene rings is 6. The summed E-state index contributed by atoms with van der Waals surface area (Å²) in [6.07, 6.45) is 0. The Morgan fingerprint density at radius 1 is 0.429 bits per heavy atom. The maximum absolute atomic E-state index is 9.35. The van der Waals surface area contributed by atoms with Crippen molar-refractivity contribution >= 4 is 0 Å². The molecule has 1 aliphatic carbocycles. The molecule has 49 heavy (non-hydrogen) atoms. The van der Waals surface area contributed by atoms with Gasteiger partial charge in [-0.3, -0.25) is 0 Å². The number of hydrogen-bond acceptors (Lipinski definition) is 4. The van der Waals surface area contributed by atoms with Gasteiger partial charge in [0, 0.05) is 22.3 Å². The molecular formula is C45H34O4. The maximum Gasteiger partial charge on any atom is 0.119 e. The number of rotatable bonds is 8. The summed E-state index contributed by atoms with van der Waals surface area (Å²) in [6.45, 7) is 0.324. The van der Waals surface area contributed by atoms with Gasteiger partial charge >= 0.3 is 0 Å². The summed E-state index contributed by atoms with van der Waals surface area (Å²) in [5, 5.41) is 18.7. The van der Waals surface area contributed by atoms with Crippen molar-refractivity contribution in [3.8, 4) is 46.3 Å². The van der Waals surface area contributed by atoms with Crippen molar-refractivity contribution in [2.45, 2.75) is 5.41 Å². The third kappa shape index (κ3) is 6.45. The minimum Gasteiger partial charge on any atom is -0.491 e. The molecule has 0 bridgehead atoms. The van der Waals surface area contributed by atoms with Crippen LogP contribution in [0.3, 0.4) is 0 Å². The van der Waals surface area contributed by atoms with Crippen molar-refractivity contribution in [2.75, 3.05) is 26.4 Å². The van der Waals surface area contributed by atoms with Gasteiger partial charge in [-0.1, -0.05) is 96.5 Å². The van der Waals surface area contributed by atoms with E-state index in [0.717, 1.165) is 55.6 Å². The zero-order valence-electron chi connectivity index (χ0n) is 26.9. The smallest absolute Gasteiger partial charge is 0.119 e. The second-order valence-corrected chi connectivity index (χ2v) is 11.7. The van der Waals surface area contributed by atoms with Gasteiger partial charge < -0.3 is 19.7 Å². The van der Waals surface area contributed by atoms with E-state index in [-0.39, 0.29) is 26.4 Å². The Morgan fingerprint density at radius 3 is 1.20 bits per heavy atom. The van der Waals surface area contributed by atoms with Gasteiger partial charge in [-0.25, -0.2) is 0 Å². The second kappa shape index (κ2) is 14.4. The van der Waals surface area contributed by atoms with E-state index in [1.54, 1.807) is 0 Å². The molecule has 0 atom stereocenters. The topological polar surface area (TPSA) is 58.9 Å². The third-order valence-corrected chi connectivity index (χ3v) is 8.68. The monoisotopic (exact) mass is 638 g/mol. The molecule has 6 aromatic rings. The number of aliphatic hydroxyl groups is 2. The van der Waals surface area contributed by atoms with Crippen LogP contribution in [0.2, 0.25) is 0 Å². The quantitative estimate of drug-likeness (QED) is 0.169. The Bertz CT molecular complexity index is 2020. The minimum absolute atomic E-state index is 0.0588. The Hall–Kier alpha value is -6.04. The van der Waals surface area contributed by atoms with Gasteiger partial charge in [0.05, 0.1) is 18.6 Å². The summed E-state index contributed by atoms with van der Waals surface area (Å²) in [5.41, 5.74) is 9.59. The molecule has 0 radical (unpaired) electrons. The van der Waals surface area contributed by atoms with E-state index in [2.05, 4.69) is 84.3 Å². The summed E-state index contributed by atoms with van der Waals surface area (Å²) in [7, 11) is 0. The number of fused-ring (bicyclic) bond motifs is 3. The predicted octanol–water partition coefficient (Wildman–Crippen LogP) is 7.59. The summed E-state index contributed by atoms with van der Waals surface area (Å²) in [4.78, 5) is 0. The maximum atomic E-state index is 9.35. The lowest BCUT2D eigenvalue weighted by atomic mass is 9.67. The third-order valence-electron chi connectivity index (χ3n) is 8.68. The summed E-state index contributed by atoms with van der Waals surface area (Å²) < 4.78 is 11.5. The van der Waals surface area contributed by atoms with Crippen molar-refractivity contribution < 1.29 is 19.7 Å². The molecule has 6 aromatic carbocycles. The lowest BCUT2D eigenvalue weighted by Crippen LogP contribution is -2.28. The van der Waals surface area contributed by atoms with Crippen LogP contribution in [0.1, 0.15) is 44.5 Å². The van der Waals surface area contributed by atoms with Gasteiger partial charge in [0.2, 0.25) is 0 Å². The fraction of sp³-hybridized carbons (Fsp3) is 0.111.